The SMILES string of the molecule is Cn1c(NCC2Cc3ccccc32)c(C#N)c(=O)n(C)c1=O. The van der Waals surface area contributed by atoms with Gasteiger partial charge in [0.1, 0.15) is 11.9 Å². The summed E-state index contributed by atoms with van der Waals surface area (Å²) in [6, 6.07) is 10.1. The minimum absolute atomic E-state index is 0.0304. The summed E-state index contributed by atoms with van der Waals surface area (Å²) >= 11 is 0. The lowest BCUT2D eigenvalue weighted by Gasteiger charge is -2.30. The summed E-state index contributed by atoms with van der Waals surface area (Å²) in [4.78, 5) is 24.0. The van der Waals surface area contributed by atoms with Crippen LogP contribution in [0.1, 0.15) is 22.6 Å². The molecule has 0 spiro atoms. The van der Waals surface area contributed by atoms with Gasteiger partial charge in [-0.25, -0.2) is 4.79 Å². The molecule has 1 unspecified atom stereocenters. The number of benzene rings is 1. The highest BCUT2D eigenvalue weighted by Gasteiger charge is 2.26. The summed E-state index contributed by atoms with van der Waals surface area (Å²) in [5.74, 6) is 0.627. The van der Waals surface area contributed by atoms with Gasteiger partial charge in [0.2, 0.25) is 0 Å². The Balaban J connectivity index is 1.90. The maximum Gasteiger partial charge on any atom is 0.332 e. The van der Waals surface area contributed by atoms with Crippen LogP contribution in [-0.4, -0.2) is 15.7 Å². The van der Waals surface area contributed by atoms with Crippen LogP contribution >= 0.6 is 0 Å². The molecule has 1 heterocycles. The molecular weight excluding hydrogens is 280 g/mol. The zero-order valence-electron chi connectivity index (χ0n) is 12.5. The van der Waals surface area contributed by atoms with Crippen LogP contribution in [0.15, 0.2) is 33.9 Å². The van der Waals surface area contributed by atoms with Crippen LogP contribution < -0.4 is 16.6 Å². The van der Waals surface area contributed by atoms with Crippen LogP contribution in [0, 0.1) is 11.3 Å². The van der Waals surface area contributed by atoms with Crippen LogP contribution in [-0.2, 0) is 20.5 Å². The summed E-state index contributed by atoms with van der Waals surface area (Å²) < 4.78 is 2.26. The van der Waals surface area contributed by atoms with E-state index in [9.17, 15) is 14.9 Å². The minimum atomic E-state index is -0.567. The van der Waals surface area contributed by atoms with Crippen molar-refractivity contribution in [2.24, 2.45) is 14.1 Å². The van der Waals surface area contributed by atoms with Gasteiger partial charge in [-0.3, -0.25) is 13.9 Å². The average Bonchev–Trinajstić information content (AvgIpc) is 2.51. The van der Waals surface area contributed by atoms with Crippen molar-refractivity contribution in [3.8, 4) is 6.07 Å². The van der Waals surface area contributed by atoms with Crippen molar-refractivity contribution >= 4 is 5.82 Å². The molecule has 0 bridgehead atoms. The zero-order chi connectivity index (χ0) is 15.9. The fourth-order valence-corrected chi connectivity index (χ4v) is 2.92. The molecule has 1 aromatic heterocycles. The molecule has 6 heteroatoms. The summed E-state index contributed by atoms with van der Waals surface area (Å²) in [7, 11) is 2.93. The van der Waals surface area contributed by atoms with E-state index in [1.165, 1.54) is 22.7 Å². The Morgan fingerprint density at radius 3 is 2.68 bits per heavy atom. The maximum atomic E-state index is 12.0. The number of nitriles is 1. The van der Waals surface area contributed by atoms with E-state index in [1.54, 1.807) is 7.05 Å². The number of rotatable bonds is 3. The molecule has 0 radical (unpaired) electrons. The molecule has 1 aliphatic rings. The second-order valence-corrected chi connectivity index (χ2v) is 5.52. The van der Waals surface area contributed by atoms with Gasteiger partial charge in [-0.2, -0.15) is 5.26 Å². The molecule has 0 amide bonds. The molecular formula is C16H16N4O2. The summed E-state index contributed by atoms with van der Waals surface area (Å²) in [5.41, 5.74) is 1.56. The number of hydrogen-bond acceptors (Lipinski definition) is 4. The third-order valence-electron chi connectivity index (χ3n) is 4.25. The monoisotopic (exact) mass is 296 g/mol. The Kier molecular flexibility index (Phi) is 3.33. The third kappa shape index (κ3) is 2.02. The number of nitrogens with one attached hydrogen (secondary N) is 1. The molecule has 112 valence electrons. The molecule has 0 saturated heterocycles. The van der Waals surface area contributed by atoms with E-state index in [-0.39, 0.29) is 5.56 Å². The number of fused-ring (bicyclic) bond motifs is 1. The molecule has 1 aliphatic carbocycles. The van der Waals surface area contributed by atoms with E-state index in [4.69, 9.17) is 0 Å². The lowest BCUT2D eigenvalue weighted by Crippen LogP contribution is -2.40. The predicted octanol–water partition coefficient (Wildman–Crippen LogP) is 0.707. The largest absolute Gasteiger partial charge is 0.369 e. The quantitative estimate of drug-likeness (QED) is 0.904. The topological polar surface area (TPSA) is 79.8 Å². The lowest BCUT2D eigenvalue weighted by molar-refractivity contribution is 0.625. The van der Waals surface area contributed by atoms with E-state index in [1.807, 2.05) is 18.2 Å². The Morgan fingerprint density at radius 2 is 2.00 bits per heavy atom. The Hall–Kier alpha value is -2.81. The molecule has 22 heavy (non-hydrogen) atoms. The highest BCUT2D eigenvalue weighted by Crippen LogP contribution is 2.34. The van der Waals surface area contributed by atoms with E-state index in [0.717, 1.165) is 11.0 Å². The van der Waals surface area contributed by atoms with E-state index < -0.39 is 11.2 Å². The summed E-state index contributed by atoms with van der Waals surface area (Å²) in [5, 5.41) is 12.3. The highest BCUT2D eigenvalue weighted by atomic mass is 16.2. The molecule has 1 aromatic carbocycles. The first-order valence-corrected chi connectivity index (χ1v) is 7.06. The van der Waals surface area contributed by atoms with Crippen molar-refractivity contribution in [3.63, 3.8) is 0 Å². The van der Waals surface area contributed by atoms with E-state index in [0.29, 0.717) is 18.3 Å². The standard InChI is InChI=1S/C16H16N4O2/c1-19-14(13(8-17)15(21)20(2)16(19)22)18-9-11-7-10-5-3-4-6-12(10)11/h3-6,11,18H,7,9H2,1-2H3. The van der Waals surface area contributed by atoms with Gasteiger partial charge >= 0.3 is 5.69 Å². The molecule has 0 aliphatic heterocycles. The second-order valence-electron chi connectivity index (χ2n) is 5.52. The van der Waals surface area contributed by atoms with Crippen LogP contribution in [0.5, 0.6) is 0 Å². The zero-order valence-corrected chi connectivity index (χ0v) is 12.5. The van der Waals surface area contributed by atoms with Gasteiger partial charge in [0.25, 0.3) is 5.56 Å². The fraction of sp³-hybridized carbons (Fsp3) is 0.312. The molecule has 3 rings (SSSR count). The fourth-order valence-electron chi connectivity index (χ4n) is 2.92. The molecule has 0 fully saturated rings. The maximum absolute atomic E-state index is 12.0. The van der Waals surface area contributed by atoms with Gasteiger partial charge in [0.15, 0.2) is 5.56 Å². The smallest absolute Gasteiger partial charge is 0.332 e. The first-order valence-electron chi connectivity index (χ1n) is 7.06. The first-order chi connectivity index (χ1) is 10.5. The Bertz CT molecular complexity index is 902. The highest BCUT2D eigenvalue weighted by molar-refractivity contribution is 5.52. The van der Waals surface area contributed by atoms with Gasteiger partial charge < -0.3 is 5.32 Å². The van der Waals surface area contributed by atoms with Crippen molar-refractivity contribution in [1.29, 1.82) is 5.26 Å². The minimum Gasteiger partial charge on any atom is -0.369 e. The van der Waals surface area contributed by atoms with Gasteiger partial charge in [-0.1, -0.05) is 24.3 Å². The van der Waals surface area contributed by atoms with Crippen LogP contribution in [0.3, 0.4) is 0 Å². The van der Waals surface area contributed by atoms with Crippen LogP contribution in [0.25, 0.3) is 0 Å². The van der Waals surface area contributed by atoms with Crippen LogP contribution in [0.4, 0.5) is 5.82 Å². The number of aromatic nitrogens is 2. The number of anilines is 1. The molecule has 1 atom stereocenters. The number of hydrogen-bond donors (Lipinski definition) is 1. The number of nitrogens with zero attached hydrogens (tertiary/aromatic N) is 3. The molecule has 0 saturated carbocycles. The Morgan fingerprint density at radius 1 is 1.27 bits per heavy atom. The van der Waals surface area contributed by atoms with Gasteiger partial charge in [-0.15, -0.1) is 0 Å². The van der Waals surface area contributed by atoms with Gasteiger partial charge in [-0.05, 0) is 17.5 Å². The third-order valence-corrected chi connectivity index (χ3v) is 4.25. The molecule has 6 nitrogen and oxygen atoms in total. The molecule has 2 aromatic rings. The van der Waals surface area contributed by atoms with E-state index >= 15 is 0 Å². The Labute approximate surface area is 127 Å². The van der Waals surface area contributed by atoms with Gasteiger partial charge in [0, 0.05) is 26.6 Å². The first kappa shape index (κ1) is 14.1. The predicted molar refractivity (Wildman–Crippen MR) is 83.0 cm³/mol. The lowest BCUT2D eigenvalue weighted by atomic mass is 9.77. The average molecular weight is 296 g/mol. The normalized spacial score (nSPS) is 15.6. The van der Waals surface area contributed by atoms with Crippen molar-refractivity contribution in [3.05, 3.63) is 61.8 Å². The van der Waals surface area contributed by atoms with Gasteiger partial charge in [0.05, 0.1) is 0 Å². The van der Waals surface area contributed by atoms with Crippen molar-refractivity contribution in [2.45, 2.75) is 12.3 Å². The van der Waals surface area contributed by atoms with Crippen LogP contribution in [0.2, 0.25) is 0 Å². The summed E-state index contributed by atoms with van der Waals surface area (Å²) in [6.07, 6.45) is 0.962. The summed E-state index contributed by atoms with van der Waals surface area (Å²) in [6.45, 7) is 0.589. The van der Waals surface area contributed by atoms with Crippen molar-refractivity contribution < 1.29 is 0 Å². The van der Waals surface area contributed by atoms with Crippen molar-refractivity contribution in [1.82, 2.24) is 9.13 Å². The second kappa shape index (κ2) is 5.19. The van der Waals surface area contributed by atoms with E-state index in [2.05, 4.69) is 17.4 Å². The van der Waals surface area contributed by atoms with Crippen molar-refractivity contribution in [2.75, 3.05) is 11.9 Å². The molecule has 1 N–H and O–H groups in total.